The minimum absolute atomic E-state index is 0.107. The van der Waals surface area contributed by atoms with Crippen molar-refractivity contribution in [3.8, 4) is 11.1 Å². The highest BCUT2D eigenvalue weighted by Crippen LogP contribution is 2.51. The molecule has 10 rings (SSSR count). The maximum atomic E-state index is 6.50. The summed E-state index contributed by atoms with van der Waals surface area (Å²) in [6.07, 6.45) is 0. The second kappa shape index (κ2) is 9.12. The molecule has 3 nitrogen and oxygen atoms in total. The van der Waals surface area contributed by atoms with Gasteiger partial charge in [-0.1, -0.05) is 92.7 Å². The van der Waals surface area contributed by atoms with Gasteiger partial charge >= 0.3 is 0 Å². The lowest BCUT2D eigenvalue weighted by Crippen LogP contribution is -2.16. The predicted molar refractivity (Wildman–Crippen MR) is 191 cm³/mol. The molecule has 0 fully saturated rings. The van der Waals surface area contributed by atoms with Crippen LogP contribution in [0.2, 0.25) is 0 Å². The Morgan fingerprint density at radius 1 is 0.435 bits per heavy atom. The Morgan fingerprint density at radius 3 is 1.89 bits per heavy atom. The van der Waals surface area contributed by atoms with Crippen LogP contribution in [0, 0.1) is 0 Å². The summed E-state index contributed by atoms with van der Waals surface area (Å²) in [5, 5.41) is 6.76. The van der Waals surface area contributed by atoms with Crippen LogP contribution >= 0.6 is 0 Å². The molecule has 0 unspecified atom stereocenters. The molecule has 0 saturated heterocycles. The van der Waals surface area contributed by atoms with Crippen molar-refractivity contribution in [2.45, 2.75) is 19.3 Å². The average molecular weight is 592 g/mol. The Labute approximate surface area is 265 Å². The normalized spacial score (nSPS) is 13.6. The summed E-state index contributed by atoms with van der Waals surface area (Å²) in [5.74, 6) is 0. The van der Waals surface area contributed by atoms with Gasteiger partial charge in [-0.25, -0.2) is 0 Å². The van der Waals surface area contributed by atoms with E-state index in [9.17, 15) is 0 Å². The molecule has 1 aliphatic carbocycles. The molecule has 0 aliphatic heterocycles. The van der Waals surface area contributed by atoms with Crippen LogP contribution in [0.5, 0.6) is 0 Å². The van der Waals surface area contributed by atoms with E-state index in [1.807, 2.05) is 12.1 Å². The first-order chi connectivity index (χ1) is 22.5. The average Bonchev–Trinajstić information content (AvgIpc) is 3.73. The lowest BCUT2D eigenvalue weighted by molar-refractivity contribution is 0.660. The summed E-state index contributed by atoms with van der Waals surface area (Å²) in [6.45, 7) is 4.67. The first kappa shape index (κ1) is 25.5. The summed E-state index contributed by atoms with van der Waals surface area (Å²) in [5.41, 5.74) is 12.1. The zero-order valence-corrected chi connectivity index (χ0v) is 25.5. The van der Waals surface area contributed by atoms with Crippen LogP contribution in [0.25, 0.3) is 65.8 Å². The molecule has 2 heterocycles. The zero-order chi connectivity index (χ0) is 30.6. The van der Waals surface area contributed by atoms with Gasteiger partial charge in [0.15, 0.2) is 0 Å². The molecular formula is C43H29NO2. The summed E-state index contributed by atoms with van der Waals surface area (Å²) < 4.78 is 12.7. The monoisotopic (exact) mass is 591 g/mol. The molecule has 3 heteroatoms. The molecule has 1 aliphatic rings. The third-order valence-corrected chi connectivity index (χ3v) is 10.0. The highest BCUT2D eigenvalue weighted by Gasteiger charge is 2.35. The van der Waals surface area contributed by atoms with Gasteiger partial charge in [-0.15, -0.1) is 0 Å². The SMILES string of the molecule is CC1(C)c2ccccc2-c2ccc(N(c3ccc4oc5ccccc5c4c3)c3ccc4oc5c6ccccc6ccc5c4c3)cc21. The van der Waals surface area contributed by atoms with Gasteiger partial charge < -0.3 is 13.7 Å². The summed E-state index contributed by atoms with van der Waals surface area (Å²) >= 11 is 0. The first-order valence-corrected chi connectivity index (χ1v) is 15.8. The molecule has 218 valence electrons. The van der Waals surface area contributed by atoms with Crippen LogP contribution in [0.1, 0.15) is 25.0 Å². The van der Waals surface area contributed by atoms with Crippen LogP contribution in [-0.2, 0) is 5.41 Å². The van der Waals surface area contributed by atoms with Crippen molar-refractivity contribution in [1.29, 1.82) is 0 Å². The van der Waals surface area contributed by atoms with Gasteiger partial charge in [0.05, 0.1) is 0 Å². The summed E-state index contributed by atoms with van der Waals surface area (Å²) in [4.78, 5) is 2.37. The number of anilines is 3. The first-order valence-electron chi connectivity index (χ1n) is 15.8. The molecule has 2 aromatic heterocycles. The molecule has 0 N–H and O–H groups in total. The number of hydrogen-bond donors (Lipinski definition) is 0. The summed E-state index contributed by atoms with van der Waals surface area (Å²) in [7, 11) is 0. The fourth-order valence-electron chi connectivity index (χ4n) is 7.76. The van der Waals surface area contributed by atoms with E-state index in [4.69, 9.17) is 8.83 Å². The van der Waals surface area contributed by atoms with E-state index in [0.29, 0.717) is 0 Å². The maximum absolute atomic E-state index is 6.50. The Hall–Kier alpha value is -5.80. The molecular weight excluding hydrogens is 562 g/mol. The lowest BCUT2D eigenvalue weighted by Gasteiger charge is -2.28. The van der Waals surface area contributed by atoms with Crippen molar-refractivity contribution in [3.63, 3.8) is 0 Å². The Bertz CT molecular complexity index is 2690. The second-order valence-electron chi connectivity index (χ2n) is 13.0. The lowest BCUT2D eigenvalue weighted by atomic mass is 9.82. The van der Waals surface area contributed by atoms with Crippen LogP contribution in [0.4, 0.5) is 17.1 Å². The molecule has 7 aromatic carbocycles. The fraction of sp³-hybridized carbons (Fsp3) is 0.0698. The van der Waals surface area contributed by atoms with Crippen LogP contribution in [-0.4, -0.2) is 0 Å². The van der Waals surface area contributed by atoms with Crippen molar-refractivity contribution >= 4 is 71.7 Å². The number of benzene rings is 7. The molecule has 0 bridgehead atoms. The number of hydrogen-bond acceptors (Lipinski definition) is 3. The number of rotatable bonds is 3. The molecule has 9 aromatic rings. The van der Waals surface area contributed by atoms with Crippen LogP contribution in [0.3, 0.4) is 0 Å². The van der Waals surface area contributed by atoms with Crippen molar-refractivity contribution in [2.75, 3.05) is 4.90 Å². The zero-order valence-electron chi connectivity index (χ0n) is 25.5. The van der Waals surface area contributed by atoms with Crippen molar-refractivity contribution in [1.82, 2.24) is 0 Å². The van der Waals surface area contributed by atoms with Crippen LogP contribution < -0.4 is 4.90 Å². The van der Waals surface area contributed by atoms with Crippen LogP contribution in [0.15, 0.2) is 148 Å². The van der Waals surface area contributed by atoms with E-state index in [-0.39, 0.29) is 5.41 Å². The van der Waals surface area contributed by atoms with Crippen molar-refractivity contribution in [2.24, 2.45) is 0 Å². The van der Waals surface area contributed by atoms with Crippen molar-refractivity contribution < 1.29 is 8.83 Å². The smallest absolute Gasteiger partial charge is 0.143 e. The van der Waals surface area contributed by atoms with E-state index >= 15 is 0 Å². The molecule has 0 atom stereocenters. The second-order valence-corrected chi connectivity index (χ2v) is 13.0. The van der Waals surface area contributed by atoms with Gasteiger partial charge in [0.2, 0.25) is 0 Å². The Balaban J connectivity index is 1.22. The summed E-state index contributed by atoms with van der Waals surface area (Å²) in [6, 6.07) is 49.9. The molecule has 0 amide bonds. The molecule has 46 heavy (non-hydrogen) atoms. The Morgan fingerprint density at radius 2 is 1.04 bits per heavy atom. The van der Waals surface area contributed by atoms with Gasteiger partial charge in [-0.05, 0) is 88.3 Å². The maximum Gasteiger partial charge on any atom is 0.143 e. The number of furan rings is 2. The minimum atomic E-state index is -0.107. The van der Waals surface area contributed by atoms with E-state index in [1.54, 1.807) is 0 Å². The third kappa shape index (κ3) is 3.48. The van der Waals surface area contributed by atoms with Gasteiger partial charge in [-0.3, -0.25) is 0 Å². The molecule has 0 radical (unpaired) electrons. The Kier molecular flexibility index (Phi) is 5.06. The van der Waals surface area contributed by atoms with E-state index in [1.165, 1.54) is 27.6 Å². The fourth-order valence-corrected chi connectivity index (χ4v) is 7.76. The highest BCUT2D eigenvalue weighted by atomic mass is 16.3. The molecule has 0 spiro atoms. The number of nitrogens with zero attached hydrogens (tertiary/aromatic N) is 1. The standard InChI is InChI=1S/C43H29NO2/c1-43(2)37-13-7-5-11-31(37)32-20-16-29(25-38(32)43)44(27-17-21-40-35(23-27)33-12-6-8-14-39(33)45-40)28-18-22-41-36(24-28)34-19-15-26-9-3-4-10-30(26)42(34)46-41/h3-25H,1-2H3. The van der Waals surface area contributed by atoms with E-state index in [0.717, 1.165) is 66.3 Å². The largest absolute Gasteiger partial charge is 0.456 e. The van der Waals surface area contributed by atoms with Gasteiger partial charge in [0.1, 0.15) is 22.3 Å². The van der Waals surface area contributed by atoms with Gasteiger partial charge in [-0.2, -0.15) is 0 Å². The molecule has 0 saturated carbocycles. The van der Waals surface area contributed by atoms with E-state index < -0.39 is 0 Å². The van der Waals surface area contributed by atoms with Crippen molar-refractivity contribution in [3.05, 3.63) is 151 Å². The minimum Gasteiger partial charge on any atom is -0.456 e. The predicted octanol–water partition coefficient (Wildman–Crippen LogP) is 12.4. The highest BCUT2D eigenvalue weighted by molar-refractivity contribution is 6.16. The third-order valence-electron chi connectivity index (χ3n) is 10.0. The quantitative estimate of drug-likeness (QED) is 0.205. The van der Waals surface area contributed by atoms with Gasteiger partial charge in [0, 0.05) is 49.4 Å². The van der Waals surface area contributed by atoms with E-state index in [2.05, 4.69) is 146 Å². The topological polar surface area (TPSA) is 29.5 Å². The number of fused-ring (bicyclic) bond motifs is 11. The van der Waals surface area contributed by atoms with Gasteiger partial charge in [0.25, 0.3) is 0 Å². The number of para-hydroxylation sites is 1.